The lowest BCUT2D eigenvalue weighted by molar-refractivity contribution is 0.0698. The van der Waals surface area contributed by atoms with Gasteiger partial charge in [-0.1, -0.05) is 12.1 Å². The van der Waals surface area contributed by atoms with Gasteiger partial charge < -0.3 is 9.67 Å². The van der Waals surface area contributed by atoms with Gasteiger partial charge in [0.05, 0.1) is 11.1 Å². The number of carboxylic acids is 1. The second-order valence-electron chi connectivity index (χ2n) is 4.50. The standard InChI is InChI=1S/C15H11BrN2O2/c16-12-6-10(7-17-8-12)9-18-5-4-11-2-1-3-13(14(11)18)15(19)20/h1-8H,9H2,(H,19,20). The Bertz CT molecular complexity index is 795. The fourth-order valence-electron chi connectivity index (χ4n) is 2.30. The van der Waals surface area contributed by atoms with E-state index in [1.165, 1.54) is 0 Å². The number of aromatic carboxylic acids is 1. The van der Waals surface area contributed by atoms with E-state index in [4.69, 9.17) is 0 Å². The van der Waals surface area contributed by atoms with Gasteiger partial charge in [-0.05, 0) is 39.7 Å². The van der Waals surface area contributed by atoms with Crippen molar-refractivity contribution in [1.82, 2.24) is 9.55 Å². The average Bonchev–Trinajstić information content (AvgIpc) is 2.82. The Morgan fingerprint density at radius 3 is 2.90 bits per heavy atom. The third-order valence-corrected chi connectivity index (χ3v) is 3.57. The molecule has 3 aromatic rings. The zero-order valence-corrected chi connectivity index (χ0v) is 12.0. The Hall–Kier alpha value is -2.14. The third kappa shape index (κ3) is 2.32. The first kappa shape index (κ1) is 12.9. The number of pyridine rings is 1. The van der Waals surface area contributed by atoms with Gasteiger partial charge in [-0.25, -0.2) is 4.79 Å². The molecule has 0 saturated carbocycles. The molecule has 0 aliphatic carbocycles. The summed E-state index contributed by atoms with van der Waals surface area (Å²) >= 11 is 3.39. The van der Waals surface area contributed by atoms with Crippen molar-refractivity contribution < 1.29 is 9.90 Å². The van der Waals surface area contributed by atoms with Gasteiger partial charge in [0.15, 0.2) is 0 Å². The number of rotatable bonds is 3. The van der Waals surface area contributed by atoms with E-state index in [0.717, 1.165) is 20.9 Å². The van der Waals surface area contributed by atoms with Crippen LogP contribution in [0.4, 0.5) is 0 Å². The van der Waals surface area contributed by atoms with Gasteiger partial charge >= 0.3 is 5.97 Å². The minimum atomic E-state index is -0.914. The van der Waals surface area contributed by atoms with E-state index in [1.54, 1.807) is 24.5 Å². The molecule has 1 aromatic carbocycles. The predicted octanol–water partition coefficient (Wildman–Crippen LogP) is 3.55. The maximum absolute atomic E-state index is 11.3. The molecule has 0 aliphatic heterocycles. The maximum Gasteiger partial charge on any atom is 0.337 e. The molecule has 0 atom stereocenters. The fraction of sp³-hybridized carbons (Fsp3) is 0.0667. The van der Waals surface area contributed by atoms with Crippen molar-refractivity contribution in [3.05, 3.63) is 64.5 Å². The highest BCUT2D eigenvalue weighted by molar-refractivity contribution is 9.10. The first-order chi connectivity index (χ1) is 9.65. The summed E-state index contributed by atoms with van der Waals surface area (Å²) in [5.41, 5.74) is 2.06. The van der Waals surface area contributed by atoms with Gasteiger partial charge in [0, 0.05) is 35.0 Å². The molecule has 100 valence electrons. The Kier molecular flexibility index (Phi) is 3.28. The summed E-state index contributed by atoms with van der Waals surface area (Å²) in [6.07, 6.45) is 5.40. The van der Waals surface area contributed by atoms with Crippen LogP contribution >= 0.6 is 15.9 Å². The Balaban J connectivity index is 2.10. The molecule has 5 heteroatoms. The Morgan fingerprint density at radius 2 is 2.15 bits per heavy atom. The van der Waals surface area contributed by atoms with Crippen molar-refractivity contribution in [1.29, 1.82) is 0 Å². The van der Waals surface area contributed by atoms with E-state index in [-0.39, 0.29) is 0 Å². The van der Waals surface area contributed by atoms with Crippen LogP contribution in [0.25, 0.3) is 10.9 Å². The molecule has 4 nitrogen and oxygen atoms in total. The molecule has 0 saturated heterocycles. The highest BCUT2D eigenvalue weighted by atomic mass is 79.9. The zero-order chi connectivity index (χ0) is 14.1. The number of aromatic nitrogens is 2. The molecule has 0 amide bonds. The number of halogens is 1. The second kappa shape index (κ2) is 5.09. The van der Waals surface area contributed by atoms with Crippen molar-refractivity contribution in [2.24, 2.45) is 0 Å². The zero-order valence-electron chi connectivity index (χ0n) is 10.5. The quantitative estimate of drug-likeness (QED) is 0.799. The van der Waals surface area contributed by atoms with Gasteiger partial charge in [0.1, 0.15) is 0 Å². The van der Waals surface area contributed by atoms with Crippen LogP contribution in [0.2, 0.25) is 0 Å². The van der Waals surface area contributed by atoms with Crippen LogP contribution in [-0.2, 0) is 6.54 Å². The van der Waals surface area contributed by atoms with E-state index in [1.807, 2.05) is 29.0 Å². The monoisotopic (exact) mass is 330 g/mol. The lowest BCUT2D eigenvalue weighted by Crippen LogP contribution is -2.04. The largest absolute Gasteiger partial charge is 0.478 e. The normalized spacial score (nSPS) is 10.8. The smallest absolute Gasteiger partial charge is 0.337 e. The molecule has 2 aromatic heterocycles. The first-order valence-corrected chi connectivity index (χ1v) is 6.85. The van der Waals surface area contributed by atoms with Crippen LogP contribution < -0.4 is 0 Å². The van der Waals surface area contributed by atoms with Gasteiger partial charge in [0.25, 0.3) is 0 Å². The van der Waals surface area contributed by atoms with Crippen molar-refractivity contribution >= 4 is 32.8 Å². The lowest BCUT2D eigenvalue weighted by atomic mass is 10.1. The van der Waals surface area contributed by atoms with E-state index < -0.39 is 5.97 Å². The summed E-state index contributed by atoms with van der Waals surface area (Å²) in [4.78, 5) is 15.5. The molecule has 0 unspecified atom stereocenters. The molecule has 0 fully saturated rings. The number of hydrogen-bond acceptors (Lipinski definition) is 2. The lowest BCUT2D eigenvalue weighted by Gasteiger charge is -2.08. The van der Waals surface area contributed by atoms with Crippen molar-refractivity contribution in [3.8, 4) is 0 Å². The van der Waals surface area contributed by atoms with E-state index in [2.05, 4.69) is 20.9 Å². The first-order valence-electron chi connectivity index (χ1n) is 6.06. The summed E-state index contributed by atoms with van der Waals surface area (Å²) in [6.45, 7) is 0.584. The number of carbonyl (C=O) groups is 1. The summed E-state index contributed by atoms with van der Waals surface area (Å²) in [5, 5.41) is 10.2. The maximum atomic E-state index is 11.3. The number of nitrogens with zero attached hydrogens (tertiary/aromatic N) is 2. The molecule has 1 N–H and O–H groups in total. The van der Waals surface area contributed by atoms with Crippen LogP contribution in [0.15, 0.2) is 53.4 Å². The second-order valence-corrected chi connectivity index (χ2v) is 5.42. The van der Waals surface area contributed by atoms with Crippen LogP contribution in [0, 0.1) is 0 Å². The van der Waals surface area contributed by atoms with Gasteiger partial charge in [-0.3, -0.25) is 4.98 Å². The SMILES string of the molecule is O=C(O)c1cccc2ccn(Cc3cncc(Br)c3)c12. The number of carboxylic acid groups (broad SMARTS) is 1. The topological polar surface area (TPSA) is 55.1 Å². The van der Waals surface area contributed by atoms with Gasteiger partial charge in [-0.2, -0.15) is 0 Å². The van der Waals surface area contributed by atoms with E-state index in [9.17, 15) is 9.90 Å². The molecule has 20 heavy (non-hydrogen) atoms. The summed E-state index contributed by atoms with van der Waals surface area (Å²) < 4.78 is 2.84. The number of para-hydroxylation sites is 1. The summed E-state index contributed by atoms with van der Waals surface area (Å²) in [6, 6.07) is 9.20. The predicted molar refractivity (Wildman–Crippen MR) is 79.9 cm³/mol. The van der Waals surface area contributed by atoms with Crippen molar-refractivity contribution in [2.45, 2.75) is 6.54 Å². The molecular weight excluding hydrogens is 320 g/mol. The molecule has 0 bridgehead atoms. The number of hydrogen-bond donors (Lipinski definition) is 1. The van der Waals surface area contributed by atoms with Gasteiger partial charge in [0.2, 0.25) is 0 Å². The highest BCUT2D eigenvalue weighted by Crippen LogP contribution is 2.22. The Morgan fingerprint density at radius 1 is 1.30 bits per heavy atom. The number of benzene rings is 1. The Labute approximate surface area is 123 Å². The summed E-state index contributed by atoms with van der Waals surface area (Å²) in [7, 11) is 0. The fourth-order valence-corrected chi connectivity index (χ4v) is 2.72. The van der Waals surface area contributed by atoms with Crippen LogP contribution in [0.1, 0.15) is 15.9 Å². The minimum Gasteiger partial charge on any atom is -0.478 e. The minimum absolute atomic E-state index is 0.315. The van der Waals surface area contributed by atoms with E-state index >= 15 is 0 Å². The molecule has 0 radical (unpaired) electrons. The van der Waals surface area contributed by atoms with E-state index in [0.29, 0.717) is 12.1 Å². The third-order valence-electron chi connectivity index (χ3n) is 3.13. The van der Waals surface area contributed by atoms with Crippen LogP contribution in [0.3, 0.4) is 0 Å². The van der Waals surface area contributed by atoms with Crippen LogP contribution in [-0.4, -0.2) is 20.6 Å². The number of fused-ring (bicyclic) bond motifs is 1. The molecule has 0 aliphatic rings. The molecule has 0 spiro atoms. The van der Waals surface area contributed by atoms with Crippen molar-refractivity contribution in [3.63, 3.8) is 0 Å². The van der Waals surface area contributed by atoms with Crippen molar-refractivity contribution in [2.75, 3.05) is 0 Å². The summed E-state index contributed by atoms with van der Waals surface area (Å²) in [5.74, 6) is -0.914. The van der Waals surface area contributed by atoms with Gasteiger partial charge in [-0.15, -0.1) is 0 Å². The highest BCUT2D eigenvalue weighted by Gasteiger charge is 2.12. The average molecular weight is 331 g/mol. The molecule has 2 heterocycles. The molecular formula is C15H11BrN2O2. The van der Waals surface area contributed by atoms with Crippen LogP contribution in [0.5, 0.6) is 0 Å². The molecule has 3 rings (SSSR count).